The molecule has 0 amide bonds. The van der Waals surface area contributed by atoms with Crippen molar-refractivity contribution < 1.29 is 8.42 Å². The molecule has 112 valence electrons. The summed E-state index contributed by atoms with van der Waals surface area (Å²) in [6.07, 6.45) is 0. The van der Waals surface area contributed by atoms with Crippen molar-refractivity contribution in [2.24, 2.45) is 5.73 Å². The third kappa shape index (κ3) is 3.45. The van der Waals surface area contributed by atoms with Crippen LogP contribution in [0.4, 0.5) is 5.69 Å². The second-order valence-corrected chi connectivity index (χ2v) is 7.38. The van der Waals surface area contributed by atoms with Gasteiger partial charge in [-0.2, -0.15) is 0 Å². The van der Waals surface area contributed by atoms with E-state index in [4.69, 9.17) is 5.73 Å². The topological polar surface area (TPSA) is 72.2 Å². The highest BCUT2D eigenvalue weighted by molar-refractivity contribution is 9.10. The second-order valence-electron chi connectivity index (χ2n) is 4.81. The van der Waals surface area contributed by atoms with Crippen LogP contribution in [0.15, 0.2) is 45.8 Å². The van der Waals surface area contributed by atoms with Crippen LogP contribution in [0.1, 0.15) is 16.7 Å². The van der Waals surface area contributed by atoms with E-state index in [1.54, 1.807) is 25.1 Å². The molecule has 0 fully saturated rings. The molecule has 6 heteroatoms. The Bertz CT molecular complexity index is 773. The van der Waals surface area contributed by atoms with Crippen molar-refractivity contribution in [1.82, 2.24) is 0 Å². The van der Waals surface area contributed by atoms with Gasteiger partial charge in [0.05, 0.1) is 10.6 Å². The van der Waals surface area contributed by atoms with E-state index in [2.05, 4.69) is 20.7 Å². The average molecular weight is 369 g/mol. The largest absolute Gasteiger partial charge is 0.326 e. The van der Waals surface area contributed by atoms with Crippen LogP contribution in [-0.4, -0.2) is 8.42 Å². The van der Waals surface area contributed by atoms with Gasteiger partial charge in [-0.3, -0.25) is 4.72 Å². The molecule has 0 unspecified atom stereocenters. The van der Waals surface area contributed by atoms with Crippen LogP contribution in [0.25, 0.3) is 0 Å². The second kappa shape index (κ2) is 6.17. The van der Waals surface area contributed by atoms with Crippen molar-refractivity contribution in [3.8, 4) is 0 Å². The molecule has 21 heavy (non-hydrogen) atoms. The minimum Gasteiger partial charge on any atom is -0.326 e. The van der Waals surface area contributed by atoms with Gasteiger partial charge < -0.3 is 5.73 Å². The maximum atomic E-state index is 12.6. The fourth-order valence-corrected chi connectivity index (χ4v) is 3.85. The van der Waals surface area contributed by atoms with Gasteiger partial charge in [0, 0.05) is 11.0 Å². The zero-order valence-electron chi connectivity index (χ0n) is 11.9. The van der Waals surface area contributed by atoms with E-state index in [1.165, 1.54) is 0 Å². The van der Waals surface area contributed by atoms with E-state index >= 15 is 0 Å². The van der Waals surface area contributed by atoms with Crippen molar-refractivity contribution in [3.05, 3.63) is 57.6 Å². The highest BCUT2D eigenvalue weighted by atomic mass is 79.9. The molecule has 2 aromatic carbocycles. The van der Waals surface area contributed by atoms with Crippen LogP contribution in [-0.2, 0) is 16.6 Å². The summed E-state index contributed by atoms with van der Waals surface area (Å²) in [4.78, 5) is 0.254. The molecule has 0 saturated heterocycles. The zero-order chi connectivity index (χ0) is 15.6. The first kappa shape index (κ1) is 16.0. The Kier molecular flexibility index (Phi) is 4.70. The first-order chi connectivity index (χ1) is 9.85. The van der Waals surface area contributed by atoms with Crippen molar-refractivity contribution in [2.75, 3.05) is 4.72 Å². The van der Waals surface area contributed by atoms with Gasteiger partial charge in [0.1, 0.15) is 0 Å². The first-order valence-corrected chi connectivity index (χ1v) is 8.70. The summed E-state index contributed by atoms with van der Waals surface area (Å²) in [7, 11) is -3.64. The Morgan fingerprint density at radius 3 is 2.57 bits per heavy atom. The fraction of sp³-hybridized carbons (Fsp3) is 0.200. The molecule has 0 radical (unpaired) electrons. The zero-order valence-corrected chi connectivity index (χ0v) is 14.3. The van der Waals surface area contributed by atoms with Crippen molar-refractivity contribution in [2.45, 2.75) is 25.3 Å². The molecule has 2 rings (SSSR count). The highest BCUT2D eigenvalue weighted by Crippen LogP contribution is 2.25. The Hall–Kier alpha value is -1.37. The SMILES string of the molecule is Cc1ccc(Br)cc1NS(=O)(=O)c1cccc(CN)c1C. The number of aryl methyl sites for hydroxylation is 1. The summed E-state index contributed by atoms with van der Waals surface area (Å²) in [5.41, 5.74) is 8.55. The molecule has 0 aromatic heterocycles. The van der Waals surface area contributed by atoms with Gasteiger partial charge in [0.25, 0.3) is 10.0 Å². The maximum Gasteiger partial charge on any atom is 0.262 e. The number of benzene rings is 2. The third-order valence-electron chi connectivity index (χ3n) is 3.35. The maximum absolute atomic E-state index is 12.6. The monoisotopic (exact) mass is 368 g/mol. The molecule has 2 aromatic rings. The smallest absolute Gasteiger partial charge is 0.262 e. The van der Waals surface area contributed by atoms with Gasteiger partial charge in [-0.1, -0.05) is 34.1 Å². The predicted octanol–water partition coefficient (Wildman–Crippen LogP) is 3.33. The van der Waals surface area contributed by atoms with Gasteiger partial charge in [0.15, 0.2) is 0 Å². The normalized spacial score (nSPS) is 11.4. The van der Waals surface area contributed by atoms with E-state index in [-0.39, 0.29) is 4.90 Å². The highest BCUT2D eigenvalue weighted by Gasteiger charge is 2.19. The molecule has 0 aliphatic carbocycles. The molecule has 0 atom stereocenters. The lowest BCUT2D eigenvalue weighted by molar-refractivity contribution is 0.600. The summed E-state index contributed by atoms with van der Waals surface area (Å²) in [5.74, 6) is 0. The van der Waals surface area contributed by atoms with Gasteiger partial charge in [-0.05, 0) is 48.7 Å². The Morgan fingerprint density at radius 2 is 1.90 bits per heavy atom. The number of rotatable bonds is 4. The molecule has 0 spiro atoms. The van der Waals surface area contributed by atoms with E-state index in [1.807, 2.05) is 25.1 Å². The number of sulfonamides is 1. The molecule has 0 bridgehead atoms. The molecular weight excluding hydrogens is 352 g/mol. The fourth-order valence-electron chi connectivity index (χ4n) is 2.08. The van der Waals surface area contributed by atoms with E-state index < -0.39 is 10.0 Å². The lowest BCUT2D eigenvalue weighted by atomic mass is 10.1. The minimum atomic E-state index is -3.64. The van der Waals surface area contributed by atoms with E-state index in [0.717, 1.165) is 15.6 Å². The van der Waals surface area contributed by atoms with Crippen LogP contribution in [0.3, 0.4) is 0 Å². The molecule has 0 aliphatic heterocycles. The van der Waals surface area contributed by atoms with Crippen molar-refractivity contribution >= 4 is 31.6 Å². The molecular formula is C15H17BrN2O2S. The molecule has 4 nitrogen and oxygen atoms in total. The average Bonchev–Trinajstić information content (AvgIpc) is 2.42. The van der Waals surface area contributed by atoms with Crippen LogP contribution in [0, 0.1) is 13.8 Å². The quantitative estimate of drug-likeness (QED) is 0.869. The lowest BCUT2D eigenvalue weighted by Crippen LogP contribution is -2.16. The van der Waals surface area contributed by atoms with E-state index in [0.29, 0.717) is 17.8 Å². The summed E-state index contributed by atoms with van der Waals surface area (Å²) >= 11 is 3.35. The summed E-state index contributed by atoms with van der Waals surface area (Å²) in [6, 6.07) is 10.6. The molecule has 0 heterocycles. The molecule has 0 saturated carbocycles. The van der Waals surface area contributed by atoms with Gasteiger partial charge in [0.2, 0.25) is 0 Å². The van der Waals surface area contributed by atoms with Gasteiger partial charge in [-0.15, -0.1) is 0 Å². The van der Waals surface area contributed by atoms with Crippen LogP contribution >= 0.6 is 15.9 Å². The van der Waals surface area contributed by atoms with Crippen molar-refractivity contribution in [3.63, 3.8) is 0 Å². The Balaban J connectivity index is 2.46. The van der Waals surface area contributed by atoms with Gasteiger partial charge in [-0.25, -0.2) is 8.42 Å². The van der Waals surface area contributed by atoms with Crippen molar-refractivity contribution in [1.29, 1.82) is 0 Å². The number of hydrogen-bond donors (Lipinski definition) is 2. The van der Waals surface area contributed by atoms with Gasteiger partial charge >= 0.3 is 0 Å². The summed E-state index contributed by atoms with van der Waals surface area (Å²) in [6.45, 7) is 3.93. The summed E-state index contributed by atoms with van der Waals surface area (Å²) < 4.78 is 28.6. The van der Waals surface area contributed by atoms with Crippen LogP contribution < -0.4 is 10.5 Å². The van der Waals surface area contributed by atoms with Crippen LogP contribution in [0.5, 0.6) is 0 Å². The number of nitrogens with one attached hydrogen (secondary N) is 1. The van der Waals surface area contributed by atoms with Crippen LogP contribution in [0.2, 0.25) is 0 Å². The Morgan fingerprint density at radius 1 is 1.19 bits per heavy atom. The standard InChI is InChI=1S/C15H17BrN2O2S/c1-10-6-7-13(16)8-14(10)18-21(19,20)15-5-3-4-12(9-17)11(15)2/h3-8,18H,9,17H2,1-2H3. The number of nitrogens with two attached hydrogens (primary N) is 1. The number of anilines is 1. The van der Waals surface area contributed by atoms with E-state index in [9.17, 15) is 8.42 Å². The lowest BCUT2D eigenvalue weighted by Gasteiger charge is -2.14. The summed E-state index contributed by atoms with van der Waals surface area (Å²) in [5, 5.41) is 0. The minimum absolute atomic E-state index is 0.254. The number of halogens is 1. The molecule has 3 N–H and O–H groups in total. The Labute approximate surface area is 133 Å². The third-order valence-corrected chi connectivity index (χ3v) is 5.35. The number of hydrogen-bond acceptors (Lipinski definition) is 3. The predicted molar refractivity (Wildman–Crippen MR) is 88.8 cm³/mol. The first-order valence-electron chi connectivity index (χ1n) is 6.42. The molecule has 0 aliphatic rings.